The Bertz CT molecular complexity index is 211. The molecule has 0 amide bonds. The Labute approximate surface area is 83.1 Å². The summed E-state index contributed by atoms with van der Waals surface area (Å²) in [5.41, 5.74) is 0. The van der Waals surface area contributed by atoms with Gasteiger partial charge in [0.05, 0.1) is 6.61 Å². The monoisotopic (exact) mass is 200 g/mol. The van der Waals surface area contributed by atoms with E-state index in [0.717, 1.165) is 24.8 Å². The molecule has 3 nitrogen and oxygen atoms in total. The van der Waals surface area contributed by atoms with Crippen LogP contribution in [-0.2, 0) is 0 Å². The fourth-order valence-corrected chi connectivity index (χ4v) is 1.42. The molecule has 0 aliphatic carbocycles. The Morgan fingerprint density at radius 2 is 2.46 bits per heavy atom. The Morgan fingerprint density at radius 1 is 1.62 bits per heavy atom. The topological polar surface area (TPSA) is 34.1 Å². The molecule has 0 aliphatic rings. The van der Waals surface area contributed by atoms with E-state index in [1.165, 1.54) is 11.3 Å². The lowest BCUT2D eigenvalue weighted by Crippen LogP contribution is -2.24. The molecule has 0 radical (unpaired) electrons. The zero-order chi connectivity index (χ0) is 9.52. The molecule has 1 heterocycles. The van der Waals surface area contributed by atoms with E-state index in [1.807, 2.05) is 5.38 Å². The van der Waals surface area contributed by atoms with Crippen LogP contribution < -0.4 is 10.1 Å². The highest BCUT2D eigenvalue weighted by Crippen LogP contribution is 2.13. The van der Waals surface area contributed by atoms with Gasteiger partial charge in [-0.25, -0.2) is 4.98 Å². The standard InChI is InChI=1S/C9H16N2OS/c1-8(2)10-4-3-6-12-9-11-5-7-13-9/h5,7-8,10H,3-4,6H2,1-2H3. The maximum atomic E-state index is 5.40. The van der Waals surface area contributed by atoms with Crippen molar-refractivity contribution >= 4 is 11.3 Å². The summed E-state index contributed by atoms with van der Waals surface area (Å²) in [5, 5.41) is 6.02. The maximum absolute atomic E-state index is 5.40. The minimum atomic E-state index is 0.555. The van der Waals surface area contributed by atoms with Gasteiger partial charge in [0.2, 0.25) is 0 Å². The van der Waals surface area contributed by atoms with Crippen molar-refractivity contribution in [2.24, 2.45) is 0 Å². The Morgan fingerprint density at radius 3 is 3.08 bits per heavy atom. The summed E-state index contributed by atoms with van der Waals surface area (Å²) in [6.45, 7) is 6.03. The average molecular weight is 200 g/mol. The fourth-order valence-electron chi connectivity index (χ4n) is 0.904. The molecule has 1 aromatic rings. The molecule has 0 bridgehead atoms. The summed E-state index contributed by atoms with van der Waals surface area (Å²) >= 11 is 1.53. The summed E-state index contributed by atoms with van der Waals surface area (Å²) in [6.07, 6.45) is 2.78. The van der Waals surface area contributed by atoms with Crippen molar-refractivity contribution in [3.05, 3.63) is 11.6 Å². The average Bonchev–Trinajstić information content (AvgIpc) is 2.55. The number of aromatic nitrogens is 1. The van der Waals surface area contributed by atoms with E-state index < -0.39 is 0 Å². The van der Waals surface area contributed by atoms with Gasteiger partial charge >= 0.3 is 0 Å². The number of nitrogens with one attached hydrogen (secondary N) is 1. The smallest absolute Gasteiger partial charge is 0.273 e. The normalized spacial score (nSPS) is 10.7. The third-order valence-corrected chi connectivity index (χ3v) is 2.19. The van der Waals surface area contributed by atoms with Crippen LogP contribution in [0.4, 0.5) is 0 Å². The first-order valence-corrected chi connectivity index (χ1v) is 5.42. The van der Waals surface area contributed by atoms with Crippen molar-refractivity contribution in [3.63, 3.8) is 0 Å². The molecule has 0 unspecified atom stereocenters. The van der Waals surface area contributed by atoms with Crippen molar-refractivity contribution < 1.29 is 4.74 Å². The van der Waals surface area contributed by atoms with Crippen LogP contribution in [0.3, 0.4) is 0 Å². The van der Waals surface area contributed by atoms with E-state index in [2.05, 4.69) is 24.1 Å². The first-order chi connectivity index (χ1) is 6.29. The number of hydrogen-bond acceptors (Lipinski definition) is 4. The minimum absolute atomic E-state index is 0.555. The van der Waals surface area contributed by atoms with Crippen LogP contribution in [0.25, 0.3) is 0 Å². The van der Waals surface area contributed by atoms with Crippen LogP contribution in [-0.4, -0.2) is 24.2 Å². The molecule has 0 aliphatic heterocycles. The first-order valence-electron chi connectivity index (χ1n) is 4.54. The van der Waals surface area contributed by atoms with Gasteiger partial charge in [0.1, 0.15) is 0 Å². The summed E-state index contributed by atoms with van der Waals surface area (Å²) in [6, 6.07) is 0.555. The van der Waals surface area contributed by atoms with Crippen LogP contribution in [0.15, 0.2) is 11.6 Å². The second kappa shape index (κ2) is 5.94. The zero-order valence-electron chi connectivity index (χ0n) is 8.12. The number of rotatable bonds is 6. The highest BCUT2D eigenvalue weighted by molar-refractivity contribution is 7.11. The van der Waals surface area contributed by atoms with Crippen molar-refractivity contribution in [2.75, 3.05) is 13.2 Å². The Balaban J connectivity index is 1.96. The van der Waals surface area contributed by atoms with E-state index in [9.17, 15) is 0 Å². The van der Waals surface area contributed by atoms with Crippen molar-refractivity contribution in [1.82, 2.24) is 10.3 Å². The summed E-state index contributed by atoms with van der Waals surface area (Å²) in [4.78, 5) is 4.02. The van der Waals surface area contributed by atoms with Crippen LogP contribution in [0, 0.1) is 0 Å². The highest BCUT2D eigenvalue weighted by atomic mass is 32.1. The molecule has 13 heavy (non-hydrogen) atoms. The third-order valence-electron chi connectivity index (χ3n) is 1.51. The molecule has 0 saturated carbocycles. The van der Waals surface area contributed by atoms with Crippen LogP contribution in [0.1, 0.15) is 20.3 Å². The predicted molar refractivity (Wildman–Crippen MR) is 55.4 cm³/mol. The predicted octanol–water partition coefficient (Wildman–Crippen LogP) is 1.91. The lowest BCUT2D eigenvalue weighted by Gasteiger charge is -2.07. The van der Waals surface area contributed by atoms with Crippen LogP contribution in [0.2, 0.25) is 0 Å². The number of thiazole rings is 1. The molecule has 0 aromatic carbocycles. The molecule has 0 fully saturated rings. The fraction of sp³-hybridized carbons (Fsp3) is 0.667. The number of nitrogens with zero attached hydrogens (tertiary/aromatic N) is 1. The third kappa shape index (κ3) is 4.85. The van der Waals surface area contributed by atoms with Gasteiger partial charge < -0.3 is 10.1 Å². The zero-order valence-corrected chi connectivity index (χ0v) is 8.93. The molecular weight excluding hydrogens is 184 g/mol. The molecule has 0 atom stereocenters. The van der Waals surface area contributed by atoms with E-state index in [0.29, 0.717) is 6.04 Å². The summed E-state index contributed by atoms with van der Waals surface area (Å²) in [7, 11) is 0. The molecule has 1 rings (SSSR count). The number of ether oxygens (including phenoxy) is 1. The van der Waals surface area contributed by atoms with E-state index in [-0.39, 0.29) is 0 Å². The lowest BCUT2D eigenvalue weighted by molar-refractivity contribution is 0.304. The van der Waals surface area contributed by atoms with Gasteiger partial charge in [0, 0.05) is 17.6 Å². The maximum Gasteiger partial charge on any atom is 0.273 e. The van der Waals surface area contributed by atoms with Crippen LogP contribution >= 0.6 is 11.3 Å². The van der Waals surface area contributed by atoms with E-state index in [1.54, 1.807) is 6.20 Å². The SMILES string of the molecule is CC(C)NCCCOc1nccs1. The molecular formula is C9H16N2OS. The van der Waals surface area contributed by atoms with E-state index in [4.69, 9.17) is 4.74 Å². The van der Waals surface area contributed by atoms with E-state index >= 15 is 0 Å². The molecule has 4 heteroatoms. The highest BCUT2D eigenvalue weighted by Gasteiger charge is 1.95. The molecule has 1 N–H and O–H groups in total. The molecule has 0 spiro atoms. The van der Waals surface area contributed by atoms with Gasteiger partial charge in [-0.3, -0.25) is 0 Å². The second-order valence-electron chi connectivity index (χ2n) is 3.11. The van der Waals surface area contributed by atoms with Gasteiger partial charge in [-0.1, -0.05) is 25.2 Å². The second-order valence-corrected chi connectivity index (χ2v) is 3.97. The number of hydrogen-bond donors (Lipinski definition) is 1. The quantitative estimate of drug-likeness (QED) is 0.712. The Hall–Kier alpha value is -0.610. The van der Waals surface area contributed by atoms with Crippen LogP contribution in [0.5, 0.6) is 5.19 Å². The molecule has 74 valence electrons. The molecule has 0 saturated heterocycles. The first kappa shape index (κ1) is 10.5. The van der Waals surface area contributed by atoms with Gasteiger partial charge in [-0.2, -0.15) is 0 Å². The van der Waals surface area contributed by atoms with Gasteiger partial charge in [-0.05, 0) is 13.0 Å². The van der Waals surface area contributed by atoms with Crippen molar-refractivity contribution in [1.29, 1.82) is 0 Å². The largest absolute Gasteiger partial charge is 0.470 e. The Kier molecular flexibility index (Phi) is 4.78. The van der Waals surface area contributed by atoms with Crippen molar-refractivity contribution in [3.8, 4) is 5.19 Å². The lowest BCUT2D eigenvalue weighted by atomic mass is 10.3. The summed E-state index contributed by atoms with van der Waals surface area (Å²) < 4.78 is 5.40. The minimum Gasteiger partial charge on any atom is -0.470 e. The molecule has 1 aromatic heterocycles. The summed E-state index contributed by atoms with van der Waals surface area (Å²) in [5.74, 6) is 0. The van der Waals surface area contributed by atoms with Gasteiger partial charge in [-0.15, -0.1) is 0 Å². The van der Waals surface area contributed by atoms with Crippen molar-refractivity contribution in [2.45, 2.75) is 26.3 Å². The van der Waals surface area contributed by atoms with Gasteiger partial charge in [0.15, 0.2) is 0 Å². The van der Waals surface area contributed by atoms with Gasteiger partial charge in [0.25, 0.3) is 5.19 Å².